The fraction of sp³-hybridized carbons (Fsp3) is 0.240. The summed E-state index contributed by atoms with van der Waals surface area (Å²) in [5.74, 6) is -1.60. The van der Waals surface area contributed by atoms with E-state index in [4.69, 9.17) is 14.2 Å². The molecule has 0 aliphatic heterocycles. The minimum atomic E-state index is -3.15. The van der Waals surface area contributed by atoms with Crippen molar-refractivity contribution < 1.29 is 37.3 Å². The molecule has 4 rings (SSSR count). The minimum Gasteiger partial charge on any atom is -0.494 e. The molecule has 0 amide bonds. The molecular weight excluding hydrogens is 451 g/mol. The molecule has 1 N–H and O–H groups in total. The van der Waals surface area contributed by atoms with Gasteiger partial charge in [-0.05, 0) is 31.5 Å². The molecule has 1 aromatic heterocycles. The van der Waals surface area contributed by atoms with Crippen molar-refractivity contribution in [3.05, 3.63) is 60.0 Å². The van der Waals surface area contributed by atoms with E-state index >= 15 is 4.39 Å². The van der Waals surface area contributed by atoms with Crippen LogP contribution in [0.3, 0.4) is 0 Å². The summed E-state index contributed by atoms with van der Waals surface area (Å²) < 4.78 is 58.3. The van der Waals surface area contributed by atoms with Gasteiger partial charge in [0.1, 0.15) is 17.3 Å². The molecule has 0 saturated carbocycles. The molecule has 0 fully saturated rings. The van der Waals surface area contributed by atoms with Gasteiger partial charge in [0.05, 0.1) is 36.1 Å². The predicted molar refractivity (Wildman–Crippen MR) is 121 cm³/mol. The molecule has 0 spiro atoms. The number of rotatable bonds is 8. The summed E-state index contributed by atoms with van der Waals surface area (Å²) >= 11 is 0. The van der Waals surface area contributed by atoms with Gasteiger partial charge in [-0.2, -0.15) is 8.78 Å². The predicted octanol–water partition coefficient (Wildman–Crippen LogP) is 5.73. The first kappa shape index (κ1) is 23.3. The summed E-state index contributed by atoms with van der Waals surface area (Å²) in [7, 11) is 0. The summed E-state index contributed by atoms with van der Waals surface area (Å²) in [4.78, 5) is 11.7. The average Bonchev–Trinajstić information content (AvgIpc) is 3.13. The highest BCUT2D eigenvalue weighted by molar-refractivity contribution is 6.13. The van der Waals surface area contributed by atoms with Gasteiger partial charge in [0.15, 0.2) is 0 Å². The number of carbonyl (C=O) groups is 1. The molecule has 4 aromatic rings. The van der Waals surface area contributed by atoms with Gasteiger partial charge in [0, 0.05) is 17.0 Å². The Hall–Kier alpha value is -3.88. The van der Waals surface area contributed by atoms with Crippen molar-refractivity contribution >= 4 is 27.5 Å². The number of halogens is 3. The number of hydrogen-bond acceptors (Lipinski definition) is 5. The van der Waals surface area contributed by atoms with Crippen molar-refractivity contribution in [3.8, 4) is 23.1 Å². The van der Waals surface area contributed by atoms with Gasteiger partial charge < -0.3 is 19.3 Å². The van der Waals surface area contributed by atoms with Crippen LogP contribution in [0, 0.1) is 5.82 Å². The number of carbonyl (C=O) groups excluding carboxylic acids is 1. The number of hydrogen-bond donors (Lipinski definition) is 1. The van der Waals surface area contributed by atoms with Crippen LogP contribution in [0.1, 0.15) is 19.4 Å². The lowest BCUT2D eigenvalue weighted by atomic mass is 10.0. The molecule has 178 valence electrons. The molecule has 0 radical (unpaired) electrons. The molecule has 0 aliphatic carbocycles. The van der Waals surface area contributed by atoms with Crippen LogP contribution in [0.15, 0.2) is 48.7 Å². The van der Waals surface area contributed by atoms with Gasteiger partial charge in [-0.1, -0.05) is 30.3 Å². The SMILES string of the molecule is CCOC(=O)Cc1ccc(-n2cc3c(OCC)c4ccccc4c(OC(F)F)c3c2O)c(F)c1. The van der Waals surface area contributed by atoms with Gasteiger partial charge in [0.25, 0.3) is 0 Å². The van der Waals surface area contributed by atoms with Crippen molar-refractivity contribution in [2.24, 2.45) is 0 Å². The lowest BCUT2D eigenvalue weighted by Crippen LogP contribution is -2.08. The number of aromatic nitrogens is 1. The highest BCUT2D eigenvalue weighted by atomic mass is 19.3. The Kier molecular flexibility index (Phi) is 6.54. The van der Waals surface area contributed by atoms with Crippen molar-refractivity contribution in [2.45, 2.75) is 26.9 Å². The van der Waals surface area contributed by atoms with Crippen LogP contribution in [0.5, 0.6) is 17.4 Å². The summed E-state index contributed by atoms with van der Waals surface area (Å²) in [5, 5.41) is 12.1. The third-order valence-corrected chi connectivity index (χ3v) is 5.29. The quantitative estimate of drug-likeness (QED) is 0.331. The van der Waals surface area contributed by atoms with Crippen LogP contribution in [-0.4, -0.2) is 35.5 Å². The molecule has 9 heteroatoms. The number of nitrogens with zero attached hydrogens (tertiary/aromatic N) is 1. The Morgan fingerprint density at radius 1 is 1.03 bits per heavy atom. The summed E-state index contributed by atoms with van der Waals surface area (Å²) in [5.41, 5.74) is 0.342. The Labute approximate surface area is 193 Å². The number of aromatic hydroxyl groups is 1. The zero-order valence-electron chi connectivity index (χ0n) is 18.5. The summed E-state index contributed by atoms with van der Waals surface area (Å²) in [6.07, 6.45) is 1.29. The second kappa shape index (κ2) is 9.54. The number of esters is 1. The van der Waals surface area contributed by atoms with E-state index in [1.54, 1.807) is 38.1 Å². The number of alkyl halides is 2. The zero-order valence-corrected chi connectivity index (χ0v) is 18.5. The Morgan fingerprint density at radius 2 is 1.74 bits per heavy atom. The van der Waals surface area contributed by atoms with Crippen molar-refractivity contribution in [1.82, 2.24) is 4.57 Å². The van der Waals surface area contributed by atoms with Crippen LogP contribution in [0.4, 0.5) is 13.2 Å². The minimum absolute atomic E-state index is 0.0301. The molecule has 6 nitrogen and oxygen atoms in total. The zero-order chi connectivity index (χ0) is 24.4. The third-order valence-electron chi connectivity index (χ3n) is 5.29. The maximum absolute atomic E-state index is 15.1. The topological polar surface area (TPSA) is 69.9 Å². The molecule has 0 bridgehead atoms. The van der Waals surface area contributed by atoms with Crippen LogP contribution >= 0.6 is 0 Å². The molecule has 0 unspecified atom stereocenters. The van der Waals surface area contributed by atoms with Gasteiger partial charge in [0.2, 0.25) is 5.88 Å². The van der Waals surface area contributed by atoms with Crippen LogP contribution in [-0.2, 0) is 16.0 Å². The van der Waals surface area contributed by atoms with E-state index in [1.807, 2.05) is 0 Å². The highest BCUT2D eigenvalue weighted by Gasteiger charge is 2.25. The number of ether oxygens (including phenoxy) is 3. The van der Waals surface area contributed by atoms with E-state index in [1.165, 1.54) is 18.3 Å². The Balaban J connectivity index is 1.94. The third kappa shape index (κ3) is 4.21. The molecule has 34 heavy (non-hydrogen) atoms. The normalized spacial score (nSPS) is 11.4. The lowest BCUT2D eigenvalue weighted by Gasteiger charge is -2.14. The lowest BCUT2D eigenvalue weighted by molar-refractivity contribution is -0.142. The average molecular weight is 473 g/mol. The largest absolute Gasteiger partial charge is 0.494 e. The van der Waals surface area contributed by atoms with Crippen LogP contribution in [0.2, 0.25) is 0 Å². The van der Waals surface area contributed by atoms with E-state index in [0.29, 0.717) is 22.1 Å². The number of fused-ring (bicyclic) bond motifs is 2. The van der Waals surface area contributed by atoms with E-state index in [9.17, 15) is 18.7 Å². The van der Waals surface area contributed by atoms with Gasteiger partial charge >= 0.3 is 12.6 Å². The van der Waals surface area contributed by atoms with E-state index in [-0.39, 0.29) is 41.8 Å². The van der Waals surface area contributed by atoms with E-state index < -0.39 is 24.3 Å². The van der Waals surface area contributed by atoms with Crippen LogP contribution in [0.25, 0.3) is 27.2 Å². The fourth-order valence-electron chi connectivity index (χ4n) is 3.98. The van der Waals surface area contributed by atoms with Gasteiger partial charge in [-0.25, -0.2) is 4.39 Å². The Bertz CT molecular complexity index is 1370. The molecule has 3 aromatic carbocycles. The monoisotopic (exact) mass is 473 g/mol. The number of benzene rings is 3. The van der Waals surface area contributed by atoms with Gasteiger partial charge in [-0.3, -0.25) is 9.36 Å². The summed E-state index contributed by atoms with van der Waals surface area (Å²) in [6.45, 7) is 0.779. The van der Waals surface area contributed by atoms with Gasteiger partial charge in [-0.15, -0.1) is 0 Å². The first-order valence-corrected chi connectivity index (χ1v) is 10.7. The maximum Gasteiger partial charge on any atom is 0.387 e. The maximum atomic E-state index is 15.1. The van der Waals surface area contributed by atoms with Crippen molar-refractivity contribution in [3.63, 3.8) is 0 Å². The summed E-state index contributed by atoms with van der Waals surface area (Å²) in [6, 6.07) is 10.7. The van der Waals surface area contributed by atoms with Crippen molar-refractivity contribution in [2.75, 3.05) is 13.2 Å². The van der Waals surface area contributed by atoms with E-state index in [0.717, 1.165) is 10.6 Å². The smallest absolute Gasteiger partial charge is 0.387 e. The molecule has 0 saturated heterocycles. The first-order chi connectivity index (χ1) is 16.3. The van der Waals surface area contributed by atoms with Crippen LogP contribution < -0.4 is 9.47 Å². The molecule has 0 aliphatic rings. The second-order valence-corrected chi connectivity index (χ2v) is 7.39. The fourth-order valence-corrected chi connectivity index (χ4v) is 3.98. The first-order valence-electron chi connectivity index (χ1n) is 10.7. The Morgan fingerprint density at radius 3 is 2.35 bits per heavy atom. The molecular formula is C25H22F3NO5. The molecule has 0 atom stereocenters. The standard InChI is InChI=1S/C25H22F3NO5/c1-3-32-20(30)12-14-9-10-19(18(26)11-14)29-13-17-21(24(29)31)23(34-25(27)28)16-8-6-5-7-15(16)22(17)33-4-2/h5-11,13,25,31H,3-4,12H2,1-2H3. The molecule has 1 heterocycles. The van der Waals surface area contributed by atoms with E-state index in [2.05, 4.69) is 0 Å². The van der Waals surface area contributed by atoms with Crippen molar-refractivity contribution in [1.29, 1.82) is 0 Å². The highest BCUT2D eigenvalue weighted by Crippen LogP contribution is 2.48. The second-order valence-electron chi connectivity index (χ2n) is 7.39.